The van der Waals surface area contributed by atoms with Crippen molar-refractivity contribution in [3.8, 4) is 17.6 Å². The number of aromatic nitrogens is 2. The van der Waals surface area contributed by atoms with Gasteiger partial charge >= 0.3 is 0 Å². The van der Waals surface area contributed by atoms with Crippen molar-refractivity contribution in [2.24, 2.45) is 5.92 Å². The van der Waals surface area contributed by atoms with Crippen molar-refractivity contribution in [2.75, 3.05) is 26.7 Å². The van der Waals surface area contributed by atoms with E-state index in [2.05, 4.69) is 33.6 Å². The molecule has 0 fully saturated rings. The monoisotopic (exact) mass is 486 g/mol. The van der Waals surface area contributed by atoms with Crippen LogP contribution in [0.2, 0.25) is 0 Å². The molecule has 0 spiro atoms. The van der Waals surface area contributed by atoms with Crippen LogP contribution in [0.4, 0.5) is 0 Å². The highest BCUT2D eigenvalue weighted by atomic mass is 32.2. The summed E-state index contributed by atoms with van der Waals surface area (Å²) in [5.41, 5.74) is 1.70. The van der Waals surface area contributed by atoms with Gasteiger partial charge < -0.3 is 9.84 Å². The molecule has 34 heavy (non-hydrogen) atoms. The quantitative estimate of drug-likeness (QED) is 0.601. The van der Waals surface area contributed by atoms with Crippen LogP contribution in [0.15, 0.2) is 41.8 Å². The van der Waals surface area contributed by atoms with E-state index in [1.165, 1.54) is 10.6 Å². The third-order valence-corrected chi connectivity index (χ3v) is 7.85. The molecule has 1 aromatic carbocycles. The molecule has 0 radical (unpaired) electrons. The van der Waals surface area contributed by atoms with Crippen molar-refractivity contribution in [3.63, 3.8) is 0 Å². The summed E-state index contributed by atoms with van der Waals surface area (Å²) in [6.45, 7) is 6.95. The molecule has 1 aliphatic heterocycles. The molecule has 0 saturated heterocycles. The van der Waals surface area contributed by atoms with Gasteiger partial charge in [0.05, 0.1) is 6.61 Å². The Hall–Kier alpha value is -2.51. The first-order chi connectivity index (χ1) is 16.3. The van der Waals surface area contributed by atoms with E-state index in [1.54, 1.807) is 37.5 Å². The lowest BCUT2D eigenvalue weighted by Crippen LogP contribution is -2.49. The van der Waals surface area contributed by atoms with Gasteiger partial charge in [0, 0.05) is 61.5 Å². The Bertz CT molecular complexity index is 1110. The van der Waals surface area contributed by atoms with Crippen molar-refractivity contribution in [1.29, 1.82) is 0 Å². The smallest absolute Gasteiger partial charge is 0.247 e. The Morgan fingerprint density at radius 3 is 2.74 bits per heavy atom. The fraction of sp³-hybridized carbons (Fsp3) is 0.520. The van der Waals surface area contributed by atoms with Crippen LogP contribution in [-0.4, -0.2) is 71.6 Å². The first-order valence-electron chi connectivity index (χ1n) is 11.6. The van der Waals surface area contributed by atoms with Crippen LogP contribution in [0, 0.1) is 17.8 Å². The summed E-state index contributed by atoms with van der Waals surface area (Å²) in [6.07, 6.45) is 6.50. The van der Waals surface area contributed by atoms with Crippen LogP contribution in [0.1, 0.15) is 44.7 Å². The number of nitrogens with zero attached hydrogens (tertiary/aromatic N) is 4. The number of aliphatic hydroxyl groups is 1. The van der Waals surface area contributed by atoms with Gasteiger partial charge in [-0.3, -0.25) is 4.90 Å². The molecular formula is C25H34N4O4S. The fourth-order valence-electron chi connectivity index (χ4n) is 3.91. The third kappa shape index (κ3) is 6.33. The molecule has 0 amide bonds. The van der Waals surface area contributed by atoms with E-state index < -0.39 is 16.1 Å². The molecule has 0 aliphatic carbocycles. The molecule has 9 heteroatoms. The number of benzene rings is 1. The molecule has 2 heterocycles. The number of unbranched alkanes of at least 4 members (excludes halogenated alkanes) is 1. The number of sulfonamides is 1. The zero-order valence-electron chi connectivity index (χ0n) is 20.3. The first kappa shape index (κ1) is 26.1. The summed E-state index contributed by atoms with van der Waals surface area (Å²) in [4.78, 5) is 10.4. The molecule has 3 rings (SSSR count). The Labute approximate surface area is 203 Å². The normalized spacial score (nSPS) is 20.9. The van der Waals surface area contributed by atoms with Gasteiger partial charge in [0.25, 0.3) is 0 Å². The largest absolute Gasteiger partial charge is 0.487 e. The van der Waals surface area contributed by atoms with Gasteiger partial charge in [0.2, 0.25) is 10.0 Å². The van der Waals surface area contributed by atoms with E-state index >= 15 is 0 Å². The van der Waals surface area contributed by atoms with E-state index in [-0.39, 0.29) is 30.1 Å². The van der Waals surface area contributed by atoms with E-state index in [0.717, 1.165) is 18.4 Å². The zero-order chi connectivity index (χ0) is 24.7. The van der Waals surface area contributed by atoms with Crippen molar-refractivity contribution in [1.82, 2.24) is 19.2 Å². The molecule has 2 aromatic rings. The van der Waals surface area contributed by atoms with Gasteiger partial charge in [-0.05, 0) is 38.6 Å². The second kappa shape index (κ2) is 11.8. The summed E-state index contributed by atoms with van der Waals surface area (Å²) < 4.78 is 34.9. The SMILES string of the molecule is CCCC#Cc1ccc2c(c1)O[C@@H](CN(C)Cc1cncnc1)[C@H](C)CN([C@H](C)CO)S2(=O)=O. The van der Waals surface area contributed by atoms with Crippen molar-refractivity contribution in [3.05, 3.63) is 48.0 Å². The number of fused-ring (bicyclic) bond motifs is 1. The minimum absolute atomic E-state index is 0.102. The van der Waals surface area contributed by atoms with Gasteiger partial charge in [-0.15, -0.1) is 0 Å². The van der Waals surface area contributed by atoms with Crippen LogP contribution in [0.25, 0.3) is 0 Å². The van der Waals surface area contributed by atoms with Crippen LogP contribution in [0.5, 0.6) is 5.75 Å². The highest BCUT2D eigenvalue weighted by Crippen LogP contribution is 2.34. The average molecular weight is 487 g/mol. The molecule has 8 nitrogen and oxygen atoms in total. The van der Waals surface area contributed by atoms with E-state index in [0.29, 0.717) is 24.4 Å². The van der Waals surface area contributed by atoms with Crippen molar-refractivity contribution in [2.45, 2.75) is 57.2 Å². The van der Waals surface area contributed by atoms with Gasteiger partial charge in [0.1, 0.15) is 23.1 Å². The van der Waals surface area contributed by atoms with Gasteiger partial charge in [-0.25, -0.2) is 18.4 Å². The highest BCUT2D eigenvalue weighted by molar-refractivity contribution is 7.89. The summed E-state index contributed by atoms with van der Waals surface area (Å²) in [5.74, 6) is 6.38. The molecule has 0 bridgehead atoms. The third-order valence-electron chi connectivity index (χ3n) is 5.83. The number of hydrogen-bond donors (Lipinski definition) is 1. The molecule has 0 saturated carbocycles. The number of aliphatic hydroxyl groups excluding tert-OH is 1. The predicted molar refractivity (Wildman–Crippen MR) is 131 cm³/mol. The molecule has 3 atom stereocenters. The van der Waals surface area contributed by atoms with Crippen molar-refractivity contribution >= 4 is 10.0 Å². The van der Waals surface area contributed by atoms with Gasteiger partial charge in [-0.1, -0.05) is 25.7 Å². The molecule has 1 aliphatic rings. The Balaban J connectivity index is 1.97. The molecule has 0 unspecified atom stereocenters. The second-order valence-corrected chi connectivity index (χ2v) is 10.8. The standard InChI is InChI=1S/C25H34N4O4S/c1-5-6-7-8-21-9-10-25-23(11-21)33-24(16-28(4)15-22-12-26-18-27-13-22)19(2)14-29(20(3)17-30)34(25,31)32/h9-13,18-20,24,30H,5-6,14-17H2,1-4H3/t19-,20-,24+/m1/s1. The lowest BCUT2D eigenvalue weighted by Gasteiger charge is -2.37. The summed E-state index contributed by atoms with van der Waals surface area (Å²) in [5, 5.41) is 9.78. The topological polar surface area (TPSA) is 95.9 Å². The van der Waals surface area contributed by atoms with Gasteiger partial charge in [0.15, 0.2) is 0 Å². The number of ether oxygens (including phenoxy) is 1. The van der Waals surface area contributed by atoms with E-state index in [4.69, 9.17) is 4.74 Å². The van der Waals surface area contributed by atoms with Crippen LogP contribution >= 0.6 is 0 Å². The Kier molecular flexibility index (Phi) is 9.03. The van der Waals surface area contributed by atoms with Crippen molar-refractivity contribution < 1.29 is 18.3 Å². The summed E-state index contributed by atoms with van der Waals surface area (Å²) >= 11 is 0. The lowest BCUT2D eigenvalue weighted by atomic mass is 10.0. The van der Waals surface area contributed by atoms with Crippen LogP contribution in [-0.2, 0) is 16.6 Å². The molecule has 1 aromatic heterocycles. The molecular weight excluding hydrogens is 452 g/mol. The predicted octanol–water partition coefficient (Wildman–Crippen LogP) is 2.53. The average Bonchev–Trinajstić information content (AvgIpc) is 2.81. The fourth-order valence-corrected chi connectivity index (χ4v) is 5.73. The Morgan fingerprint density at radius 1 is 1.32 bits per heavy atom. The Morgan fingerprint density at radius 2 is 2.06 bits per heavy atom. The minimum Gasteiger partial charge on any atom is -0.487 e. The molecule has 1 N–H and O–H groups in total. The first-order valence-corrected chi connectivity index (χ1v) is 13.0. The van der Waals surface area contributed by atoms with Gasteiger partial charge in [-0.2, -0.15) is 4.31 Å². The van der Waals surface area contributed by atoms with E-state index in [1.807, 2.05) is 14.0 Å². The molecule has 184 valence electrons. The maximum atomic E-state index is 13.5. The van der Waals surface area contributed by atoms with E-state index in [9.17, 15) is 13.5 Å². The minimum atomic E-state index is -3.86. The number of rotatable bonds is 7. The summed E-state index contributed by atoms with van der Waals surface area (Å²) in [6, 6.07) is 4.44. The maximum Gasteiger partial charge on any atom is 0.247 e. The second-order valence-electron chi connectivity index (χ2n) is 8.90. The lowest BCUT2D eigenvalue weighted by molar-refractivity contribution is 0.0733. The number of likely N-dealkylation sites (N-methyl/N-ethyl adjacent to an activating group) is 1. The maximum absolute atomic E-state index is 13.5. The summed E-state index contributed by atoms with van der Waals surface area (Å²) in [7, 11) is -1.87. The highest BCUT2D eigenvalue weighted by Gasteiger charge is 2.38. The van der Waals surface area contributed by atoms with Crippen LogP contribution < -0.4 is 4.74 Å². The zero-order valence-corrected chi connectivity index (χ0v) is 21.1. The number of hydrogen-bond acceptors (Lipinski definition) is 7. The van der Waals surface area contributed by atoms with Crippen LogP contribution in [0.3, 0.4) is 0 Å².